The summed E-state index contributed by atoms with van der Waals surface area (Å²) in [6.07, 6.45) is 4.77. The summed E-state index contributed by atoms with van der Waals surface area (Å²) in [5, 5.41) is 0. The van der Waals surface area contributed by atoms with Crippen molar-refractivity contribution in [1.29, 1.82) is 0 Å². The fourth-order valence-electron chi connectivity index (χ4n) is 3.58. The fraction of sp³-hybridized carbons (Fsp3) is 1.00. The van der Waals surface area contributed by atoms with E-state index in [9.17, 15) is 0 Å². The highest BCUT2D eigenvalue weighted by Crippen LogP contribution is 2.59. The quantitative estimate of drug-likeness (QED) is 0.517. The smallest absolute Gasteiger partial charge is 0.0690 e. The second kappa shape index (κ2) is 1.66. The topological polar surface area (TPSA) is 9.23 Å². The SMILES string of the molecule is C[C@@H]1[C@H]2C[C@H]3C[C@@H]1O[C@@]3(C)C2. The van der Waals surface area contributed by atoms with Crippen molar-refractivity contribution < 1.29 is 4.74 Å². The maximum absolute atomic E-state index is 6.05. The molecule has 0 N–H and O–H groups in total. The summed E-state index contributed by atoms with van der Waals surface area (Å²) >= 11 is 0. The number of hydrogen-bond acceptors (Lipinski definition) is 1. The molecule has 5 atom stereocenters. The Morgan fingerprint density at radius 2 is 2.18 bits per heavy atom. The first kappa shape index (κ1) is 6.47. The summed E-state index contributed by atoms with van der Waals surface area (Å²) in [7, 11) is 0. The van der Waals surface area contributed by atoms with E-state index in [0.717, 1.165) is 17.8 Å². The molecule has 0 aromatic rings. The summed E-state index contributed by atoms with van der Waals surface area (Å²) < 4.78 is 6.05. The minimum absolute atomic E-state index is 0.307. The van der Waals surface area contributed by atoms with Gasteiger partial charge in [0, 0.05) is 0 Å². The van der Waals surface area contributed by atoms with Crippen LogP contribution in [0.2, 0.25) is 0 Å². The highest BCUT2D eigenvalue weighted by Gasteiger charge is 2.59. The number of hydrogen-bond donors (Lipinski definition) is 0. The van der Waals surface area contributed by atoms with E-state index < -0.39 is 0 Å². The van der Waals surface area contributed by atoms with Crippen LogP contribution in [0.25, 0.3) is 0 Å². The third-order valence-electron chi connectivity index (χ3n) is 4.39. The highest BCUT2D eigenvalue weighted by molar-refractivity contribution is 5.08. The predicted molar refractivity (Wildman–Crippen MR) is 43.3 cm³/mol. The molecule has 0 aromatic heterocycles. The van der Waals surface area contributed by atoms with Crippen molar-refractivity contribution in [3.63, 3.8) is 0 Å². The van der Waals surface area contributed by atoms with Crippen LogP contribution >= 0.6 is 0 Å². The van der Waals surface area contributed by atoms with Crippen LogP contribution < -0.4 is 0 Å². The molecule has 0 spiro atoms. The number of rotatable bonds is 0. The van der Waals surface area contributed by atoms with Gasteiger partial charge in [-0.25, -0.2) is 0 Å². The Morgan fingerprint density at radius 1 is 1.36 bits per heavy atom. The van der Waals surface area contributed by atoms with Crippen molar-refractivity contribution in [2.24, 2.45) is 17.8 Å². The molecule has 0 amide bonds. The first-order valence-corrected chi connectivity index (χ1v) is 4.87. The van der Waals surface area contributed by atoms with E-state index in [1.165, 1.54) is 19.3 Å². The van der Waals surface area contributed by atoms with E-state index in [2.05, 4.69) is 13.8 Å². The normalized spacial score (nSPS) is 66.0. The van der Waals surface area contributed by atoms with Crippen molar-refractivity contribution >= 4 is 0 Å². The van der Waals surface area contributed by atoms with Gasteiger partial charge in [0.15, 0.2) is 0 Å². The molecular weight excluding hydrogens is 136 g/mol. The Kier molecular flexibility index (Phi) is 0.976. The Balaban J connectivity index is 2.02. The molecular formula is C10H16O. The maximum Gasteiger partial charge on any atom is 0.0690 e. The Hall–Kier alpha value is -0.0400. The van der Waals surface area contributed by atoms with Gasteiger partial charge in [-0.3, -0.25) is 0 Å². The molecule has 1 nitrogen and oxygen atoms in total. The van der Waals surface area contributed by atoms with Crippen LogP contribution in [0.4, 0.5) is 0 Å². The van der Waals surface area contributed by atoms with Crippen molar-refractivity contribution in [3.05, 3.63) is 0 Å². The van der Waals surface area contributed by atoms with E-state index in [-0.39, 0.29) is 0 Å². The van der Waals surface area contributed by atoms with Gasteiger partial charge >= 0.3 is 0 Å². The lowest BCUT2D eigenvalue weighted by atomic mass is 9.80. The second-order valence-corrected chi connectivity index (χ2v) is 4.96. The standard InChI is InChI=1S/C10H16O/c1-6-7-3-8-4-9(6)11-10(8,2)5-7/h6-9H,3-5H2,1-2H3/t6-,7+,8+,9+,10+/m1/s1. The molecule has 4 fully saturated rings. The molecule has 0 aromatic carbocycles. The molecule has 0 radical (unpaired) electrons. The third kappa shape index (κ3) is 0.618. The summed E-state index contributed by atoms with van der Waals surface area (Å²) in [6, 6.07) is 0. The molecule has 2 saturated carbocycles. The lowest BCUT2D eigenvalue weighted by Gasteiger charge is -2.35. The lowest BCUT2D eigenvalue weighted by Crippen LogP contribution is -2.35. The summed E-state index contributed by atoms with van der Waals surface area (Å²) in [4.78, 5) is 0. The molecule has 1 heteroatoms. The molecule has 4 aliphatic rings. The van der Waals surface area contributed by atoms with Crippen molar-refractivity contribution in [2.45, 2.75) is 44.8 Å². The van der Waals surface area contributed by atoms with Gasteiger partial charge in [0.25, 0.3) is 0 Å². The summed E-state index contributed by atoms with van der Waals surface area (Å²) in [5.41, 5.74) is 0.307. The molecule has 2 heterocycles. The molecule has 2 saturated heterocycles. The molecule has 11 heavy (non-hydrogen) atoms. The predicted octanol–water partition coefficient (Wildman–Crippen LogP) is 2.21. The minimum Gasteiger partial charge on any atom is -0.371 e. The van der Waals surface area contributed by atoms with Gasteiger partial charge in [0.2, 0.25) is 0 Å². The van der Waals surface area contributed by atoms with Crippen molar-refractivity contribution in [1.82, 2.24) is 0 Å². The zero-order valence-corrected chi connectivity index (χ0v) is 7.34. The fourth-order valence-corrected chi connectivity index (χ4v) is 3.58. The van der Waals surface area contributed by atoms with Crippen LogP contribution in [0.3, 0.4) is 0 Å². The van der Waals surface area contributed by atoms with Gasteiger partial charge in [-0.05, 0) is 43.9 Å². The number of ether oxygens (including phenoxy) is 1. The van der Waals surface area contributed by atoms with Gasteiger partial charge < -0.3 is 4.74 Å². The van der Waals surface area contributed by atoms with E-state index in [0.29, 0.717) is 11.7 Å². The van der Waals surface area contributed by atoms with Gasteiger partial charge in [0.1, 0.15) is 0 Å². The maximum atomic E-state index is 6.05. The molecule has 0 unspecified atom stereocenters. The van der Waals surface area contributed by atoms with E-state index in [4.69, 9.17) is 4.74 Å². The Morgan fingerprint density at radius 3 is 2.82 bits per heavy atom. The Bertz CT molecular complexity index is 183. The molecule has 4 bridgehead atoms. The third-order valence-corrected chi connectivity index (χ3v) is 4.39. The van der Waals surface area contributed by atoms with E-state index >= 15 is 0 Å². The molecule has 4 rings (SSSR count). The monoisotopic (exact) mass is 152 g/mol. The van der Waals surface area contributed by atoms with Gasteiger partial charge in [-0.1, -0.05) is 6.92 Å². The van der Waals surface area contributed by atoms with Crippen LogP contribution in [0.15, 0.2) is 0 Å². The average molecular weight is 152 g/mol. The van der Waals surface area contributed by atoms with Crippen LogP contribution in [0, 0.1) is 17.8 Å². The van der Waals surface area contributed by atoms with Gasteiger partial charge in [-0.2, -0.15) is 0 Å². The molecule has 62 valence electrons. The largest absolute Gasteiger partial charge is 0.371 e. The van der Waals surface area contributed by atoms with Gasteiger partial charge in [-0.15, -0.1) is 0 Å². The highest BCUT2D eigenvalue weighted by atomic mass is 16.5. The van der Waals surface area contributed by atoms with E-state index in [1.54, 1.807) is 0 Å². The first-order chi connectivity index (χ1) is 5.19. The Labute approximate surface area is 68.1 Å². The molecule has 2 aliphatic heterocycles. The van der Waals surface area contributed by atoms with Crippen molar-refractivity contribution in [3.8, 4) is 0 Å². The van der Waals surface area contributed by atoms with Crippen LogP contribution in [0.5, 0.6) is 0 Å². The van der Waals surface area contributed by atoms with Crippen molar-refractivity contribution in [2.75, 3.05) is 0 Å². The van der Waals surface area contributed by atoms with Crippen LogP contribution in [-0.2, 0) is 4.74 Å². The average Bonchev–Trinajstić information content (AvgIpc) is 2.31. The van der Waals surface area contributed by atoms with E-state index in [1.807, 2.05) is 0 Å². The van der Waals surface area contributed by atoms with Crippen LogP contribution in [0.1, 0.15) is 33.1 Å². The zero-order valence-electron chi connectivity index (χ0n) is 7.34. The minimum atomic E-state index is 0.307. The van der Waals surface area contributed by atoms with Crippen LogP contribution in [-0.4, -0.2) is 11.7 Å². The second-order valence-electron chi connectivity index (χ2n) is 4.96. The molecule has 2 aliphatic carbocycles. The summed E-state index contributed by atoms with van der Waals surface area (Å²) in [5.74, 6) is 2.76. The zero-order chi connectivity index (χ0) is 7.64. The van der Waals surface area contributed by atoms with Gasteiger partial charge in [0.05, 0.1) is 11.7 Å². The summed E-state index contributed by atoms with van der Waals surface area (Å²) in [6.45, 7) is 4.69. The first-order valence-electron chi connectivity index (χ1n) is 4.87. The lowest BCUT2D eigenvalue weighted by molar-refractivity contribution is -0.0954.